The third-order valence-electron chi connectivity index (χ3n) is 0.498. The van der Waals surface area contributed by atoms with Crippen molar-refractivity contribution in [2.45, 2.75) is 20.3 Å². The number of carbonyl (C=O) groups is 2. The van der Waals surface area contributed by atoms with Gasteiger partial charge in [-0.2, -0.15) is 0 Å². The molecule has 0 amide bonds. The molecule has 0 N–H and O–H groups in total. The normalized spacial score (nSPS) is 8.29. The summed E-state index contributed by atoms with van der Waals surface area (Å²) in [6, 6.07) is 0. The van der Waals surface area contributed by atoms with Gasteiger partial charge in [-0.25, -0.2) is 0 Å². The monoisotopic (exact) mass is 105 g/mol. The molecule has 0 rings (SSSR count). The summed E-state index contributed by atoms with van der Waals surface area (Å²) in [5, 5.41) is 0. The van der Waals surface area contributed by atoms with Crippen LogP contribution in [0.1, 0.15) is 20.3 Å². The van der Waals surface area contributed by atoms with E-state index < -0.39 is 0 Å². The molecule has 0 aromatic rings. The molecule has 0 atom stereocenters. The number of hydrogen-bond acceptors (Lipinski definition) is 2. The highest BCUT2D eigenvalue weighted by Crippen LogP contribution is 1.80. The third-order valence-corrected chi connectivity index (χ3v) is 0.498. The lowest BCUT2D eigenvalue weighted by Crippen LogP contribution is -1.97. The number of rotatable bonds is 2. The summed E-state index contributed by atoms with van der Waals surface area (Å²) in [6.07, 6.45) is 0.0833. The summed E-state index contributed by atoms with van der Waals surface area (Å²) in [5.74, 6) is -0.125. The van der Waals surface area contributed by atoms with Crippen LogP contribution in [0.15, 0.2) is 0 Å². The molecule has 2 heteroatoms. The molecule has 0 radical (unpaired) electrons. The molecular weight excluding hydrogens is 97.0 g/mol. The molecule has 0 saturated carbocycles. The molecule has 0 fully saturated rings. The highest BCUT2D eigenvalue weighted by Gasteiger charge is 1.94. The van der Waals surface area contributed by atoms with Crippen LogP contribution < -0.4 is 0 Å². The second-order valence-electron chi connectivity index (χ2n) is 1.58. The Hall–Kier alpha value is -0.660. The largest absolute Gasteiger partial charge is 0.300 e. The number of ketones is 2. The zero-order chi connectivity index (χ0) is 5.86. The SMILES string of the molecule is [13CH3][13C](=O)[13CH2][13C]([13CH3])=O. The Kier molecular flexibility index (Phi) is 2.27. The van der Waals surface area contributed by atoms with Crippen molar-refractivity contribution in [3.63, 3.8) is 0 Å². The minimum absolute atomic E-state index is 0.0625. The van der Waals surface area contributed by atoms with Gasteiger partial charge < -0.3 is 0 Å². The second kappa shape index (κ2) is 2.50. The summed E-state index contributed by atoms with van der Waals surface area (Å²) in [6.45, 7) is 2.81. The van der Waals surface area contributed by atoms with Crippen LogP contribution in [0.4, 0.5) is 0 Å². The number of carbonyl (C=O) groups excluding carboxylic acids is 2. The van der Waals surface area contributed by atoms with Crippen molar-refractivity contribution < 1.29 is 9.59 Å². The van der Waals surface area contributed by atoms with Gasteiger partial charge in [-0.05, 0) is 13.8 Å². The quantitative estimate of drug-likeness (QED) is 0.379. The van der Waals surface area contributed by atoms with Gasteiger partial charge in [0.05, 0.1) is 6.42 Å². The Bertz CT molecular complexity index is 82.3. The first-order chi connectivity index (χ1) is 3.13. The Balaban J connectivity index is 3.32. The molecule has 0 aliphatic heterocycles. The van der Waals surface area contributed by atoms with Crippen molar-refractivity contribution in [1.29, 1.82) is 0 Å². The van der Waals surface area contributed by atoms with E-state index in [1.54, 1.807) is 0 Å². The molecule has 0 unspecified atom stereocenters. The van der Waals surface area contributed by atoms with Crippen molar-refractivity contribution in [1.82, 2.24) is 0 Å². The maximum atomic E-state index is 10.0. The van der Waals surface area contributed by atoms with Crippen LogP contribution in [0.2, 0.25) is 0 Å². The fourth-order valence-corrected chi connectivity index (χ4v) is 0.351. The van der Waals surface area contributed by atoms with Gasteiger partial charge in [-0.1, -0.05) is 0 Å². The first-order valence-electron chi connectivity index (χ1n) is 2.12. The van der Waals surface area contributed by atoms with Crippen LogP contribution in [0.25, 0.3) is 0 Å². The Morgan fingerprint density at radius 2 is 1.43 bits per heavy atom. The van der Waals surface area contributed by atoms with Crippen LogP contribution >= 0.6 is 0 Å². The zero-order valence-corrected chi connectivity index (χ0v) is 4.52. The van der Waals surface area contributed by atoms with Gasteiger partial charge in [-0.3, -0.25) is 9.59 Å². The van der Waals surface area contributed by atoms with Crippen molar-refractivity contribution in [3.05, 3.63) is 0 Å². The van der Waals surface area contributed by atoms with Gasteiger partial charge in [-0.15, -0.1) is 0 Å². The zero-order valence-electron chi connectivity index (χ0n) is 4.52. The average molecular weight is 105 g/mol. The average Bonchev–Trinajstić information content (AvgIpc) is 1.27. The van der Waals surface area contributed by atoms with E-state index in [4.69, 9.17) is 0 Å². The molecule has 2 nitrogen and oxygen atoms in total. The van der Waals surface area contributed by atoms with E-state index in [1.165, 1.54) is 13.8 Å². The van der Waals surface area contributed by atoms with E-state index in [2.05, 4.69) is 0 Å². The van der Waals surface area contributed by atoms with E-state index in [-0.39, 0.29) is 18.0 Å². The first kappa shape index (κ1) is 6.34. The molecule has 7 heavy (non-hydrogen) atoms. The van der Waals surface area contributed by atoms with Gasteiger partial charge in [0.25, 0.3) is 0 Å². The van der Waals surface area contributed by atoms with E-state index in [9.17, 15) is 9.59 Å². The topological polar surface area (TPSA) is 34.1 Å². The third kappa shape index (κ3) is 5.34. The summed E-state index contributed by atoms with van der Waals surface area (Å²) < 4.78 is 0. The van der Waals surface area contributed by atoms with Crippen molar-refractivity contribution >= 4 is 11.6 Å². The molecule has 0 heterocycles. The minimum atomic E-state index is -0.0625. The van der Waals surface area contributed by atoms with Gasteiger partial charge in [0.2, 0.25) is 0 Å². The van der Waals surface area contributed by atoms with Crippen LogP contribution in [-0.2, 0) is 9.59 Å². The molecule has 0 aliphatic carbocycles. The van der Waals surface area contributed by atoms with Gasteiger partial charge in [0, 0.05) is 0 Å². The first-order valence-corrected chi connectivity index (χ1v) is 2.12. The summed E-state index contributed by atoms with van der Waals surface area (Å²) in [5.41, 5.74) is 0. The molecule has 0 aliphatic rings. The Labute approximate surface area is 42.5 Å². The fraction of sp³-hybridized carbons (Fsp3) is 0.600. The molecule has 0 spiro atoms. The van der Waals surface area contributed by atoms with E-state index in [0.29, 0.717) is 0 Å². The van der Waals surface area contributed by atoms with E-state index in [0.717, 1.165) is 0 Å². The van der Waals surface area contributed by atoms with Crippen molar-refractivity contribution in [3.8, 4) is 0 Å². The lowest BCUT2D eigenvalue weighted by molar-refractivity contribution is -0.124. The smallest absolute Gasteiger partial charge is 0.137 e. The maximum absolute atomic E-state index is 10.0. The van der Waals surface area contributed by atoms with Gasteiger partial charge >= 0.3 is 0 Å². The van der Waals surface area contributed by atoms with E-state index in [1.807, 2.05) is 0 Å². The lowest BCUT2D eigenvalue weighted by Gasteiger charge is -1.81. The highest BCUT2D eigenvalue weighted by atomic mass is 16.2. The van der Waals surface area contributed by atoms with Gasteiger partial charge in [0.1, 0.15) is 11.6 Å². The predicted molar refractivity (Wildman–Crippen MR) is 26.0 cm³/mol. The molecule has 0 aromatic carbocycles. The fourth-order valence-electron chi connectivity index (χ4n) is 0.351. The maximum Gasteiger partial charge on any atom is 0.137 e. The molecular formula is C5H8O2. The molecule has 0 aromatic heterocycles. The molecule has 0 bridgehead atoms. The van der Waals surface area contributed by atoms with Crippen LogP contribution in [-0.4, -0.2) is 11.6 Å². The Morgan fingerprint density at radius 1 is 1.14 bits per heavy atom. The van der Waals surface area contributed by atoms with Crippen molar-refractivity contribution in [2.24, 2.45) is 0 Å². The minimum Gasteiger partial charge on any atom is -0.300 e. The van der Waals surface area contributed by atoms with Crippen LogP contribution in [0.5, 0.6) is 0 Å². The second-order valence-corrected chi connectivity index (χ2v) is 1.58. The summed E-state index contributed by atoms with van der Waals surface area (Å²) in [7, 11) is 0. The molecule has 40 valence electrons. The number of Topliss-reactive ketones (excluding diaryl/α,β-unsaturated/α-hetero) is 2. The van der Waals surface area contributed by atoms with E-state index >= 15 is 0 Å². The van der Waals surface area contributed by atoms with Crippen LogP contribution in [0.3, 0.4) is 0 Å². The Morgan fingerprint density at radius 3 is 1.43 bits per heavy atom. The molecule has 0 saturated heterocycles. The highest BCUT2D eigenvalue weighted by molar-refractivity contribution is 5.96. The van der Waals surface area contributed by atoms with Crippen molar-refractivity contribution in [2.75, 3.05) is 0 Å². The lowest BCUT2D eigenvalue weighted by atomic mass is 11.2. The predicted octanol–water partition coefficient (Wildman–Crippen LogP) is 0.554. The van der Waals surface area contributed by atoms with Gasteiger partial charge in [0.15, 0.2) is 0 Å². The summed E-state index contributed by atoms with van der Waals surface area (Å²) >= 11 is 0. The summed E-state index contributed by atoms with van der Waals surface area (Å²) in [4.78, 5) is 20.1. The standard InChI is InChI=1S/C5H8O2/c1-4(6)3-5(2)7/h3H2,1-2H3/i1+1,2+1,3+1,4+1,5+1. The van der Waals surface area contributed by atoms with Crippen LogP contribution in [0, 0.1) is 0 Å². The number of hydrogen-bond donors (Lipinski definition) is 0.